The summed E-state index contributed by atoms with van der Waals surface area (Å²) >= 11 is 0. The van der Waals surface area contributed by atoms with Crippen LogP contribution in [0.1, 0.15) is 30.9 Å². The molecule has 6 nitrogen and oxygen atoms in total. The van der Waals surface area contributed by atoms with Crippen LogP contribution in [0.3, 0.4) is 0 Å². The smallest absolute Gasteiger partial charge is 0.416 e. The number of carbonyl (C=O) groups is 1. The predicted octanol–water partition coefficient (Wildman–Crippen LogP) is 2.99. The molecule has 0 aliphatic carbocycles. The van der Waals surface area contributed by atoms with Crippen molar-refractivity contribution in [2.45, 2.75) is 38.5 Å². The third-order valence-corrected chi connectivity index (χ3v) is 4.30. The number of ether oxygens (including phenoxy) is 1. The molecule has 2 N–H and O–H groups in total. The number of amides is 1. The minimum absolute atomic E-state index is 0.128. The third-order valence-electron chi connectivity index (χ3n) is 4.30. The fourth-order valence-electron chi connectivity index (χ4n) is 2.85. The van der Waals surface area contributed by atoms with Gasteiger partial charge in [-0.25, -0.2) is 4.79 Å². The molecule has 1 aromatic carbocycles. The molecular weight excluding hydrogens is 361 g/mol. The summed E-state index contributed by atoms with van der Waals surface area (Å²) in [7, 11) is 1.61. The van der Waals surface area contributed by atoms with Crippen LogP contribution in [-0.2, 0) is 17.5 Å². The van der Waals surface area contributed by atoms with Gasteiger partial charge in [-0.1, -0.05) is 12.1 Å². The molecule has 0 atom stereocenters. The van der Waals surface area contributed by atoms with Crippen molar-refractivity contribution in [3.8, 4) is 0 Å². The maximum absolute atomic E-state index is 12.8. The van der Waals surface area contributed by atoms with Crippen molar-refractivity contribution < 1.29 is 22.7 Å². The highest BCUT2D eigenvalue weighted by Gasteiger charge is 2.30. The van der Waals surface area contributed by atoms with E-state index >= 15 is 0 Å². The van der Waals surface area contributed by atoms with Gasteiger partial charge in [0.15, 0.2) is 5.96 Å². The van der Waals surface area contributed by atoms with Gasteiger partial charge >= 0.3 is 12.3 Å². The molecule has 1 fully saturated rings. The number of carbonyl (C=O) groups excluding carboxylic acids is 1. The summed E-state index contributed by atoms with van der Waals surface area (Å²) in [6, 6.07) is 5.32. The second-order valence-corrected chi connectivity index (χ2v) is 6.23. The van der Waals surface area contributed by atoms with Gasteiger partial charge in [0.25, 0.3) is 0 Å². The van der Waals surface area contributed by atoms with Gasteiger partial charge in [-0.15, -0.1) is 0 Å². The van der Waals surface area contributed by atoms with E-state index in [9.17, 15) is 18.0 Å². The number of guanidine groups is 1. The number of alkyl halides is 3. The molecule has 1 saturated heterocycles. The zero-order valence-electron chi connectivity index (χ0n) is 15.5. The number of hydrogen-bond acceptors (Lipinski definition) is 3. The van der Waals surface area contributed by atoms with E-state index in [1.54, 1.807) is 24.9 Å². The lowest BCUT2D eigenvalue weighted by Gasteiger charge is -2.32. The van der Waals surface area contributed by atoms with Crippen LogP contribution in [0, 0.1) is 0 Å². The number of hydrogen-bond donors (Lipinski definition) is 2. The number of nitrogens with zero attached hydrogens (tertiary/aromatic N) is 2. The Bertz CT molecular complexity index is 656. The molecule has 0 aromatic heterocycles. The number of halogens is 3. The van der Waals surface area contributed by atoms with E-state index < -0.39 is 11.7 Å². The molecule has 1 heterocycles. The molecule has 150 valence electrons. The molecule has 1 amide bonds. The highest BCUT2D eigenvalue weighted by atomic mass is 19.4. The Hall–Kier alpha value is -2.45. The van der Waals surface area contributed by atoms with Crippen LogP contribution in [0.2, 0.25) is 0 Å². The summed E-state index contributed by atoms with van der Waals surface area (Å²) in [5, 5.41) is 6.28. The van der Waals surface area contributed by atoms with Crippen molar-refractivity contribution in [2.75, 3.05) is 26.7 Å². The number of benzene rings is 1. The van der Waals surface area contributed by atoms with Crippen LogP contribution in [0.5, 0.6) is 0 Å². The first-order chi connectivity index (χ1) is 12.8. The van der Waals surface area contributed by atoms with Crippen LogP contribution >= 0.6 is 0 Å². The van der Waals surface area contributed by atoms with E-state index in [2.05, 4.69) is 15.6 Å². The molecule has 0 spiro atoms. The van der Waals surface area contributed by atoms with E-state index in [-0.39, 0.29) is 18.7 Å². The van der Waals surface area contributed by atoms with Gasteiger partial charge in [-0.2, -0.15) is 13.2 Å². The number of aliphatic imine (C=N–C) groups is 1. The highest BCUT2D eigenvalue weighted by molar-refractivity contribution is 5.80. The number of piperidine rings is 1. The van der Waals surface area contributed by atoms with Crippen molar-refractivity contribution in [3.63, 3.8) is 0 Å². The standard InChI is InChI=1S/C18H25F3N4O2/c1-3-27-17(26)25-9-7-15(8-10-25)24-16(22-2)23-12-13-5-4-6-14(11-13)18(19,20)21/h4-6,11,15H,3,7-10,12H2,1-2H3,(H2,22,23,24). The summed E-state index contributed by atoms with van der Waals surface area (Å²) in [5.41, 5.74) is -0.152. The van der Waals surface area contributed by atoms with Crippen LogP contribution in [-0.4, -0.2) is 49.7 Å². The molecule has 0 radical (unpaired) electrons. The average Bonchev–Trinajstić information content (AvgIpc) is 2.65. The third kappa shape index (κ3) is 6.33. The van der Waals surface area contributed by atoms with E-state index in [0.29, 0.717) is 31.2 Å². The Morgan fingerprint density at radius 1 is 1.33 bits per heavy atom. The van der Waals surface area contributed by atoms with E-state index in [0.717, 1.165) is 25.0 Å². The van der Waals surface area contributed by atoms with Gasteiger partial charge in [-0.3, -0.25) is 4.99 Å². The normalized spacial score (nSPS) is 16.2. The SMILES string of the molecule is CCOC(=O)N1CCC(NC(=NC)NCc2cccc(C(F)(F)F)c2)CC1. The van der Waals surface area contributed by atoms with Crippen molar-refractivity contribution in [2.24, 2.45) is 4.99 Å². The average molecular weight is 386 g/mol. The topological polar surface area (TPSA) is 66.0 Å². The fraction of sp³-hybridized carbons (Fsp3) is 0.556. The van der Waals surface area contributed by atoms with Crippen LogP contribution in [0.25, 0.3) is 0 Å². The number of likely N-dealkylation sites (tertiary alicyclic amines) is 1. The fourth-order valence-corrected chi connectivity index (χ4v) is 2.85. The maximum atomic E-state index is 12.8. The molecular formula is C18H25F3N4O2. The first kappa shape index (κ1) is 20.9. The Morgan fingerprint density at radius 3 is 2.63 bits per heavy atom. The van der Waals surface area contributed by atoms with Gasteiger partial charge in [0, 0.05) is 32.7 Å². The Morgan fingerprint density at radius 2 is 2.04 bits per heavy atom. The largest absolute Gasteiger partial charge is 0.450 e. The monoisotopic (exact) mass is 386 g/mol. The van der Waals surface area contributed by atoms with Crippen LogP contribution in [0.15, 0.2) is 29.3 Å². The summed E-state index contributed by atoms with van der Waals surface area (Å²) in [4.78, 5) is 17.5. The lowest BCUT2D eigenvalue weighted by molar-refractivity contribution is -0.137. The number of rotatable bonds is 4. The minimum Gasteiger partial charge on any atom is -0.450 e. The molecule has 1 aromatic rings. The second-order valence-electron chi connectivity index (χ2n) is 6.23. The summed E-state index contributed by atoms with van der Waals surface area (Å²) in [6.07, 6.45) is -3.18. The molecule has 9 heteroatoms. The van der Waals surface area contributed by atoms with Crippen LogP contribution < -0.4 is 10.6 Å². The molecule has 0 unspecified atom stereocenters. The van der Waals surface area contributed by atoms with Gasteiger partial charge < -0.3 is 20.3 Å². The van der Waals surface area contributed by atoms with E-state index in [4.69, 9.17) is 4.74 Å². The quantitative estimate of drug-likeness (QED) is 0.617. The molecule has 0 bridgehead atoms. The first-order valence-electron chi connectivity index (χ1n) is 8.88. The number of nitrogens with one attached hydrogen (secondary N) is 2. The summed E-state index contributed by atoms with van der Waals surface area (Å²) in [6.45, 7) is 3.52. The Balaban J connectivity index is 1.83. The lowest BCUT2D eigenvalue weighted by atomic mass is 10.1. The zero-order chi connectivity index (χ0) is 19.9. The first-order valence-corrected chi connectivity index (χ1v) is 8.88. The molecule has 1 aliphatic rings. The summed E-state index contributed by atoms with van der Waals surface area (Å²) < 4.78 is 43.3. The van der Waals surface area contributed by atoms with Crippen molar-refractivity contribution in [3.05, 3.63) is 35.4 Å². The zero-order valence-corrected chi connectivity index (χ0v) is 15.5. The molecule has 1 aliphatic heterocycles. The van der Waals surface area contributed by atoms with E-state index in [1.165, 1.54) is 6.07 Å². The van der Waals surface area contributed by atoms with Crippen molar-refractivity contribution in [1.29, 1.82) is 0 Å². The maximum Gasteiger partial charge on any atom is 0.416 e. The molecule has 27 heavy (non-hydrogen) atoms. The predicted molar refractivity (Wildman–Crippen MR) is 96.4 cm³/mol. The summed E-state index contributed by atoms with van der Waals surface area (Å²) in [5.74, 6) is 0.516. The van der Waals surface area contributed by atoms with Gasteiger partial charge in [0.05, 0.1) is 12.2 Å². The van der Waals surface area contributed by atoms with Crippen molar-refractivity contribution in [1.82, 2.24) is 15.5 Å². The lowest BCUT2D eigenvalue weighted by Crippen LogP contribution is -2.49. The van der Waals surface area contributed by atoms with Gasteiger partial charge in [0.1, 0.15) is 0 Å². The Kier molecular flexibility index (Phi) is 7.32. The molecule has 2 rings (SSSR count). The minimum atomic E-state index is -4.36. The molecule has 0 saturated carbocycles. The van der Waals surface area contributed by atoms with Gasteiger partial charge in [-0.05, 0) is 37.5 Å². The van der Waals surface area contributed by atoms with Crippen LogP contribution in [0.4, 0.5) is 18.0 Å². The Labute approximate surface area is 156 Å². The highest BCUT2D eigenvalue weighted by Crippen LogP contribution is 2.29. The second kappa shape index (κ2) is 9.48. The van der Waals surface area contributed by atoms with Crippen molar-refractivity contribution >= 4 is 12.1 Å². The van der Waals surface area contributed by atoms with E-state index in [1.807, 2.05) is 0 Å². The van der Waals surface area contributed by atoms with Gasteiger partial charge in [0.2, 0.25) is 0 Å².